The van der Waals surface area contributed by atoms with E-state index in [2.05, 4.69) is 18.4 Å². The summed E-state index contributed by atoms with van der Waals surface area (Å²) in [7, 11) is 1.60. The van der Waals surface area contributed by atoms with Gasteiger partial charge in [-0.25, -0.2) is 0 Å². The summed E-state index contributed by atoms with van der Waals surface area (Å²) in [4.78, 5) is 16.0. The van der Waals surface area contributed by atoms with E-state index in [9.17, 15) is 4.79 Å². The average Bonchev–Trinajstić information content (AvgIpc) is 3.15. The van der Waals surface area contributed by atoms with Gasteiger partial charge in [-0.15, -0.1) is 11.3 Å². The molecule has 5 nitrogen and oxygen atoms in total. The van der Waals surface area contributed by atoms with Gasteiger partial charge in [0.1, 0.15) is 13.2 Å². The molecule has 4 rings (SSSR count). The SMILES string of the molecule is COc1cc(/C=C/C(=O)N2CCc3sccc3[C@@H]2C)cc2c1OCCO2. The zero-order valence-electron chi connectivity index (χ0n) is 14.9. The number of nitrogens with zero attached hydrogens (tertiary/aromatic N) is 1. The molecule has 2 aromatic rings. The lowest BCUT2D eigenvalue weighted by atomic mass is 10.0. The van der Waals surface area contributed by atoms with E-state index in [1.807, 2.05) is 17.0 Å². The van der Waals surface area contributed by atoms with Gasteiger partial charge in [0.15, 0.2) is 11.5 Å². The van der Waals surface area contributed by atoms with Gasteiger partial charge >= 0.3 is 0 Å². The number of thiophene rings is 1. The third kappa shape index (κ3) is 3.05. The number of fused-ring (bicyclic) bond motifs is 2. The minimum Gasteiger partial charge on any atom is -0.493 e. The number of hydrogen-bond donors (Lipinski definition) is 0. The van der Waals surface area contributed by atoms with Crippen LogP contribution in [0.4, 0.5) is 0 Å². The zero-order chi connectivity index (χ0) is 18.1. The second kappa shape index (κ2) is 7.03. The minimum atomic E-state index is 0.0169. The van der Waals surface area contributed by atoms with Gasteiger partial charge in [-0.2, -0.15) is 0 Å². The third-order valence-electron chi connectivity index (χ3n) is 4.83. The summed E-state index contributed by atoms with van der Waals surface area (Å²) in [6.07, 6.45) is 4.35. The molecule has 1 atom stereocenters. The van der Waals surface area contributed by atoms with Crippen molar-refractivity contribution in [2.75, 3.05) is 26.9 Å². The van der Waals surface area contributed by atoms with Crippen molar-refractivity contribution >= 4 is 23.3 Å². The first-order chi connectivity index (χ1) is 12.7. The Bertz CT molecular complexity index is 840. The van der Waals surface area contributed by atoms with Crippen molar-refractivity contribution in [2.24, 2.45) is 0 Å². The number of amides is 1. The summed E-state index contributed by atoms with van der Waals surface area (Å²) < 4.78 is 16.6. The summed E-state index contributed by atoms with van der Waals surface area (Å²) in [5.41, 5.74) is 2.12. The highest BCUT2D eigenvalue weighted by molar-refractivity contribution is 7.10. The number of rotatable bonds is 3. The predicted molar refractivity (Wildman–Crippen MR) is 101 cm³/mol. The Morgan fingerprint density at radius 3 is 3.04 bits per heavy atom. The topological polar surface area (TPSA) is 48.0 Å². The monoisotopic (exact) mass is 371 g/mol. The van der Waals surface area contributed by atoms with Crippen LogP contribution >= 0.6 is 11.3 Å². The van der Waals surface area contributed by atoms with Gasteiger partial charge in [0.25, 0.3) is 0 Å². The fraction of sp³-hybridized carbons (Fsp3) is 0.350. The highest BCUT2D eigenvalue weighted by atomic mass is 32.1. The Morgan fingerprint density at radius 1 is 1.35 bits per heavy atom. The van der Waals surface area contributed by atoms with Crippen LogP contribution in [0.5, 0.6) is 17.2 Å². The van der Waals surface area contributed by atoms with Crippen LogP contribution in [-0.4, -0.2) is 37.7 Å². The molecule has 3 heterocycles. The second-order valence-corrected chi connectivity index (χ2v) is 7.34. The van der Waals surface area contributed by atoms with E-state index in [1.54, 1.807) is 30.6 Å². The summed E-state index contributed by atoms with van der Waals surface area (Å²) >= 11 is 1.77. The van der Waals surface area contributed by atoms with Crippen molar-refractivity contribution in [2.45, 2.75) is 19.4 Å². The van der Waals surface area contributed by atoms with E-state index in [1.165, 1.54) is 10.4 Å². The van der Waals surface area contributed by atoms with E-state index in [4.69, 9.17) is 14.2 Å². The Morgan fingerprint density at radius 2 is 2.19 bits per heavy atom. The molecule has 0 saturated heterocycles. The molecule has 6 heteroatoms. The number of carbonyl (C=O) groups excluding carboxylic acids is 1. The maximum atomic E-state index is 12.7. The maximum absolute atomic E-state index is 12.7. The molecule has 1 aromatic carbocycles. The van der Waals surface area contributed by atoms with Crippen molar-refractivity contribution in [3.8, 4) is 17.2 Å². The van der Waals surface area contributed by atoms with Crippen molar-refractivity contribution in [3.63, 3.8) is 0 Å². The third-order valence-corrected chi connectivity index (χ3v) is 5.83. The van der Waals surface area contributed by atoms with Crippen molar-refractivity contribution in [3.05, 3.63) is 45.7 Å². The molecular formula is C20H21NO4S. The smallest absolute Gasteiger partial charge is 0.247 e. The molecule has 2 aliphatic heterocycles. The molecular weight excluding hydrogens is 350 g/mol. The van der Waals surface area contributed by atoms with Gasteiger partial charge in [-0.05, 0) is 54.1 Å². The van der Waals surface area contributed by atoms with Crippen LogP contribution in [0, 0.1) is 0 Å². The molecule has 136 valence electrons. The summed E-state index contributed by atoms with van der Waals surface area (Å²) in [5, 5.41) is 2.10. The molecule has 0 N–H and O–H groups in total. The molecule has 2 aliphatic rings. The molecule has 0 saturated carbocycles. The first-order valence-corrected chi connectivity index (χ1v) is 9.58. The molecule has 0 bridgehead atoms. The van der Waals surface area contributed by atoms with E-state index in [0.717, 1.165) is 18.5 Å². The summed E-state index contributed by atoms with van der Waals surface area (Å²) in [5.74, 6) is 1.90. The molecule has 26 heavy (non-hydrogen) atoms. The van der Waals surface area contributed by atoms with Crippen LogP contribution in [0.15, 0.2) is 29.7 Å². The second-order valence-electron chi connectivity index (χ2n) is 6.34. The lowest BCUT2D eigenvalue weighted by Gasteiger charge is -2.32. The fourth-order valence-corrected chi connectivity index (χ4v) is 4.43. The van der Waals surface area contributed by atoms with Gasteiger partial charge in [-0.3, -0.25) is 4.79 Å². The fourth-order valence-electron chi connectivity index (χ4n) is 3.46. The van der Waals surface area contributed by atoms with Crippen LogP contribution in [0.25, 0.3) is 6.08 Å². The van der Waals surface area contributed by atoms with Crippen molar-refractivity contribution < 1.29 is 19.0 Å². The highest BCUT2D eigenvalue weighted by Gasteiger charge is 2.27. The van der Waals surface area contributed by atoms with Gasteiger partial charge in [0.05, 0.1) is 13.2 Å². The Balaban J connectivity index is 1.54. The van der Waals surface area contributed by atoms with Crippen LogP contribution in [0.1, 0.15) is 29.0 Å². The van der Waals surface area contributed by atoms with E-state index in [-0.39, 0.29) is 11.9 Å². The van der Waals surface area contributed by atoms with E-state index in [0.29, 0.717) is 30.5 Å². The quantitative estimate of drug-likeness (QED) is 0.772. The number of benzene rings is 1. The normalized spacial score (nSPS) is 18.7. The number of ether oxygens (including phenoxy) is 3. The van der Waals surface area contributed by atoms with Gasteiger partial charge < -0.3 is 19.1 Å². The van der Waals surface area contributed by atoms with Gasteiger partial charge in [0.2, 0.25) is 11.7 Å². The van der Waals surface area contributed by atoms with Crippen LogP contribution in [0.2, 0.25) is 0 Å². The standard InChI is InChI=1S/C20H21NO4S/c1-13-15-6-10-26-18(15)5-7-21(13)19(22)4-3-14-11-16(23-2)20-17(12-14)24-8-9-25-20/h3-4,6,10-13H,5,7-9H2,1-2H3/b4-3+/t13-/m0/s1. The maximum Gasteiger partial charge on any atom is 0.247 e. The molecule has 0 spiro atoms. The molecule has 0 radical (unpaired) electrons. The number of carbonyl (C=O) groups is 1. The molecule has 1 amide bonds. The van der Waals surface area contributed by atoms with Gasteiger partial charge in [-0.1, -0.05) is 0 Å². The Kier molecular flexibility index (Phi) is 4.59. The highest BCUT2D eigenvalue weighted by Crippen LogP contribution is 2.40. The van der Waals surface area contributed by atoms with Crippen LogP contribution in [0.3, 0.4) is 0 Å². The lowest BCUT2D eigenvalue weighted by molar-refractivity contribution is -0.128. The molecule has 0 fully saturated rings. The van der Waals surface area contributed by atoms with E-state index >= 15 is 0 Å². The van der Waals surface area contributed by atoms with Gasteiger partial charge in [0, 0.05) is 17.5 Å². The number of methoxy groups -OCH3 is 1. The van der Waals surface area contributed by atoms with Crippen molar-refractivity contribution in [1.82, 2.24) is 4.90 Å². The zero-order valence-corrected chi connectivity index (χ0v) is 15.7. The van der Waals surface area contributed by atoms with Crippen molar-refractivity contribution in [1.29, 1.82) is 0 Å². The Labute approximate surface area is 156 Å². The summed E-state index contributed by atoms with van der Waals surface area (Å²) in [6.45, 7) is 3.86. The molecule has 0 unspecified atom stereocenters. The van der Waals surface area contributed by atoms with Crippen LogP contribution < -0.4 is 14.2 Å². The van der Waals surface area contributed by atoms with Crippen LogP contribution in [-0.2, 0) is 11.2 Å². The first-order valence-electron chi connectivity index (χ1n) is 8.70. The largest absolute Gasteiger partial charge is 0.493 e. The summed E-state index contributed by atoms with van der Waals surface area (Å²) in [6, 6.07) is 5.96. The number of hydrogen-bond acceptors (Lipinski definition) is 5. The minimum absolute atomic E-state index is 0.0169. The first kappa shape index (κ1) is 17.0. The van der Waals surface area contributed by atoms with E-state index < -0.39 is 0 Å². The molecule has 0 aliphatic carbocycles. The lowest BCUT2D eigenvalue weighted by Crippen LogP contribution is -2.37. The predicted octanol–water partition coefficient (Wildman–Crippen LogP) is 3.69. The average molecular weight is 371 g/mol. The Hall–Kier alpha value is -2.47. The molecule has 1 aromatic heterocycles.